The Morgan fingerprint density at radius 2 is 1.47 bits per heavy atom. The van der Waals surface area contributed by atoms with Crippen molar-refractivity contribution in [2.75, 3.05) is 22.0 Å². The van der Waals surface area contributed by atoms with E-state index < -0.39 is 28.5 Å². The molecule has 0 unspecified atom stereocenters. The van der Waals surface area contributed by atoms with Crippen LogP contribution in [0.3, 0.4) is 0 Å². The van der Waals surface area contributed by atoms with E-state index in [-0.39, 0.29) is 21.4 Å². The number of benzene rings is 2. The molecule has 2 amide bonds. The van der Waals surface area contributed by atoms with Crippen LogP contribution in [0, 0.1) is 0 Å². The molecule has 0 atom stereocenters. The van der Waals surface area contributed by atoms with Crippen LogP contribution in [-0.4, -0.2) is 32.8 Å². The van der Waals surface area contributed by atoms with Crippen LogP contribution in [-0.2, 0) is 24.3 Å². The van der Waals surface area contributed by atoms with Crippen LogP contribution in [0.15, 0.2) is 70.3 Å². The Balaban J connectivity index is 1.50. The second-order valence-electron chi connectivity index (χ2n) is 6.50. The molecule has 1 heterocycles. The summed E-state index contributed by atoms with van der Waals surface area (Å²) in [5.41, 5.74) is 1.51. The van der Waals surface area contributed by atoms with Gasteiger partial charge in [-0.25, -0.2) is 13.2 Å². The van der Waals surface area contributed by atoms with E-state index in [4.69, 9.17) is 4.74 Å². The zero-order chi connectivity index (χ0) is 23.1. The molecule has 0 bridgehead atoms. The summed E-state index contributed by atoms with van der Waals surface area (Å²) in [7, 11) is -3.68. The number of carbonyl (C=O) groups excluding carboxylic acids is 3. The molecule has 11 heteroatoms. The van der Waals surface area contributed by atoms with Gasteiger partial charge >= 0.3 is 5.97 Å². The lowest BCUT2D eigenvalue weighted by atomic mass is 10.2. The molecule has 3 rings (SSSR count). The van der Waals surface area contributed by atoms with Crippen molar-refractivity contribution in [3.8, 4) is 0 Å². The highest BCUT2D eigenvalue weighted by Crippen LogP contribution is 2.20. The largest absolute Gasteiger partial charge is 0.452 e. The molecular weight excluding hydrogens is 454 g/mol. The van der Waals surface area contributed by atoms with Gasteiger partial charge in [0.15, 0.2) is 6.61 Å². The predicted molar refractivity (Wildman–Crippen MR) is 121 cm³/mol. The molecule has 0 aliphatic carbocycles. The molecule has 0 saturated carbocycles. The molecule has 0 aliphatic heterocycles. The third kappa shape index (κ3) is 6.40. The van der Waals surface area contributed by atoms with Gasteiger partial charge in [0.25, 0.3) is 15.9 Å². The zero-order valence-corrected chi connectivity index (χ0v) is 18.5. The number of thiophene rings is 1. The highest BCUT2D eigenvalue weighted by Gasteiger charge is 2.16. The van der Waals surface area contributed by atoms with E-state index in [0.717, 1.165) is 11.3 Å². The summed E-state index contributed by atoms with van der Waals surface area (Å²) in [6.45, 7) is 0.889. The first kappa shape index (κ1) is 23.0. The average Bonchev–Trinajstić information content (AvgIpc) is 3.29. The van der Waals surface area contributed by atoms with Gasteiger partial charge in [0.2, 0.25) is 5.91 Å². The first-order valence-corrected chi connectivity index (χ1v) is 11.6. The van der Waals surface area contributed by atoms with Crippen molar-refractivity contribution in [3.05, 3.63) is 71.6 Å². The smallest absolute Gasteiger partial charge is 0.338 e. The molecule has 0 aliphatic rings. The SMILES string of the molecule is CC(=O)Nc1ccc(NC(=O)COC(=O)c2ccc(NS(=O)(=O)c3cccs3)cc2)cc1. The third-order valence-electron chi connectivity index (χ3n) is 3.96. The monoisotopic (exact) mass is 473 g/mol. The fourth-order valence-corrected chi connectivity index (χ4v) is 4.60. The van der Waals surface area contributed by atoms with E-state index in [1.54, 1.807) is 35.7 Å². The summed E-state index contributed by atoms with van der Waals surface area (Å²) >= 11 is 1.09. The van der Waals surface area contributed by atoms with Crippen LogP contribution in [0.2, 0.25) is 0 Å². The van der Waals surface area contributed by atoms with Gasteiger partial charge in [0, 0.05) is 24.0 Å². The van der Waals surface area contributed by atoms with Crippen LogP contribution >= 0.6 is 11.3 Å². The van der Waals surface area contributed by atoms with E-state index >= 15 is 0 Å². The van der Waals surface area contributed by atoms with E-state index in [1.807, 2.05) is 0 Å². The second kappa shape index (κ2) is 10.1. The maximum Gasteiger partial charge on any atom is 0.338 e. The number of sulfonamides is 1. The molecule has 2 aromatic carbocycles. The second-order valence-corrected chi connectivity index (χ2v) is 9.35. The predicted octanol–water partition coefficient (Wildman–Crippen LogP) is 3.30. The number of rotatable bonds is 8. The number of amides is 2. The lowest BCUT2D eigenvalue weighted by Gasteiger charge is -2.09. The Hall–Kier alpha value is -3.70. The number of carbonyl (C=O) groups is 3. The number of anilines is 3. The highest BCUT2D eigenvalue weighted by molar-refractivity contribution is 7.94. The molecule has 0 radical (unpaired) electrons. The van der Waals surface area contributed by atoms with Crippen LogP contribution in [0.1, 0.15) is 17.3 Å². The van der Waals surface area contributed by atoms with Crippen molar-refractivity contribution in [1.29, 1.82) is 0 Å². The maximum atomic E-state index is 12.2. The van der Waals surface area contributed by atoms with Gasteiger partial charge in [-0.3, -0.25) is 14.3 Å². The van der Waals surface area contributed by atoms with Crippen molar-refractivity contribution in [1.82, 2.24) is 0 Å². The Kier molecular flexibility index (Phi) is 7.23. The standard InChI is InChI=1S/C21H19N3O6S2/c1-14(25)22-16-8-10-17(11-9-16)23-19(26)13-30-21(27)15-4-6-18(7-5-15)24-32(28,29)20-3-2-12-31-20/h2-12,24H,13H2,1H3,(H,22,25)(H,23,26). The van der Waals surface area contributed by atoms with E-state index in [9.17, 15) is 22.8 Å². The number of hydrogen-bond acceptors (Lipinski definition) is 7. The first-order chi connectivity index (χ1) is 15.2. The number of nitrogens with one attached hydrogen (secondary N) is 3. The number of hydrogen-bond donors (Lipinski definition) is 3. The molecule has 166 valence electrons. The van der Waals surface area contributed by atoms with Crippen molar-refractivity contribution in [2.45, 2.75) is 11.1 Å². The van der Waals surface area contributed by atoms with E-state index in [2.05, 4.69) is 15.4 Å². The topological polar surface area (TPSA) is 131 Å². The fourth-order valence-electron chi connectivity index (χ4n) is 2.55. The summed E-state index contributed by atoms with van der Waals surface area (Å²) in [5, 5.41) is 6.84. The fraction of sp³-hybridized carbons (Fsp3) is 0.0952. The molecule has 0 fully saturated rings. The summed E-state index contributed by atoms with van der Waals surface area (Å²) in [4.78, 5) is 35.2. The number of esters is 1. The Morgan fingerprint density at radius 3 is 2.03 bits per heavy atom. The minimum absolute atomic E-state index is 0.163. The molecule has 3 N–H and O–H groups in total. The van der Waals surface area contributed by atoms with E-state index in [1.165, 1.54) is 37.3 Å². The van der Waals surface area contributed by atoms with Gasteiger partial charge in [0.05, 0.1) is 5.56 Å². The van der Waals surface area contributed by atoms with Crippen molar-refractivity contribution in [3.63, 3.8) is 0 Å². The zero-order valence-electron chi connectivity index (χ0n) is 16.8. The summed E-state index contributed by atoms with van der Waals surface area (Å²) in [6.07, 6.45) is 0. The summed E-state index contributed by atoms with van der Waals surface area (Å²) < 4.78 is 32.0. The summed E-state index contributed by atoms with van der Waals surface area (Å²) in [6, 6.07) is 15.2. The van der Waals surface area contributed by atoms with Gasteiger partial charge in [-0.05, 0) is 60.0 Å². The minimum atomic E-state index is -3.68. The maximum absolute atomic E-state index is 12.2. The average molecular weight is 474 g/mol. The molecule has 0 spiro atoms. The molecular formula is C21H19N3O6S2. The normalized spacial score (nSPS) is 10.8. The van der Waals surface area contributed by atoms with Crippen molar-refractivity contribution < 1.29 is 27.5 Å². The highest BCUT2D eigenvalue weighted by atomic mass is 32.2. The van der Waals surface area contributed by atoms with Gasteiger partial charge < -0.3 is 15.4 Å². The third-order valence-corrected chi connectivity index (χ3v) is 6.73. The van der Waals surface area contributed by atoms with Crippen molar-refractivity contribution in [2.24, 2.45) is 0 Å². The van der Waals surface area contributed by atoms with Crippen LogP contribution < -0.4 is 15.4 Å². The molecule has 1 aromatic heterocycles. The Bertz CT molecular complexity index is 1210. The van der Waals surface area contributed by atoms with Crippen LogP contribution in [0.25, 0.3) is 0 Å². The lowest BCUT2D eigenvalue weighted by Crippen LogP contribution is -2.21. The van der Waals surface area contributed by atoms with Crippen LogP contribution in [0.4, 0.5) is 17.1 Å². The number of ether oxygens (including phenoxy) is 1. The van der Waals surface area contributed by atoms with Gasteiger partial charge in [-0.15, -0.1) is 11.3 Å². The Labute approximate surface area is 188 Å². The van der Waals surface area contributed by atoms with Gasteiger partial charge in [-0.2, -0.15) is 0 Å². The summed E-state index contributed by atoms with van der Waals surface area (Å²) in [5.74, 6) is -1.47. The van der Waals surface area contributed by atoms with E-state index in [0.29, 0.717) is 11.4 Å². The van der Waals surface area contributed by atoms with Gasteiger partial charge in [0.1, 0.15) is 4.21 Å². The molecule has 32 heavy (non-hydrogen) atoms. The Morgan fingerprint density at radius 1 is 0.875 bits per heavy atom. The first-order valence-electron chi connectivity index (χ1n) is 9.24. The van der Waals surface area contributed by atoms with Crippen LogP contribution in [0.5, 0.6) is 0 Å². The lowest BCUT2D eigenvalue weighted by molar-refractivity contribution is -0.119. The quantitative estimate of drug-likeness (QED) is 0.430. The molecule has 0 saturated heterocycles. The van der Waals surface area contributed by atoms with Crippen molar-refractivity contribution >= 4 is 56.2 Å². The molecule has 9 nitrogen and oxygen atoms in total. The minimum Gasteiger partial charge on any atom is -0.452 e. The molecule has 3 aromatic rings. The van der Waals surface area contributed by atoms with Gasteiger partial charge in [-0.1, -0.05) is 6.07 Å².